The van der Waals surface area contributed by atoms with Crippen molar-refractivity contribution in [1.29, 1.82) is 0 Å². The Labute approximate surface area is 117 Å². The zero-order valence-corrected chi connectivity index (χ0v) is 12.0. The zero-order valence-electron chi connectivity index (χ0n) is 9.58. The Hall–Kier alpha value is -1.31. The Kier molecular flexibility index (Phi) is 3.11. The van der Waals surface area contributed by atoms with Crippen molar-refractivity contribution in [2.24, 2.45) is 0 Å². The van der Waals surface area contributed by atoms with Crippen LogP contribution in [0.1, 0.15) is 10.6 Å². The quantitative estimate of drug-likeness (QED) is 0.752. The van der Waals surface area contributed by atoms with Gasteiger partial charge in [-0.15, -0.1) is 22.7 Å². The molecule has 18 heavy (non-hydrogen) atoms. The predicted octanol–water partition coefficient (Wildman–Crippen LogP) is 3.48. The van der Waals surface area contributed by atoms with Crippen molar-refractivity contribution in [3.8, 4) is 10.7 Å². The first-order valence-corrected chi connectivity index (χ1v) is 7.50. The molecular formula is C11H10N4S3. The fraction of sp³-hybridized carbons (Fsp3) is 0.182. The van der Waals surface area contributed by atoms with Crippen LogP contribution in [0.3, 0.4) is 0 Å². The summed E-state index contributed by atoms with van der Waals surface area (Å²) >= 11 is 8.60. The maximum absolute atomic E-state index is 5.30. The first-order chi connectivity index (χ1) is 8.75. The second kappa shape index (κ2) is 4.75. The number of aromatic nitrogens is 4. The van der Waals surface area contributed by atoms with Gasteiger partial charge in [0.15, 0.2) is 10.6 Å². The smallest absolute Gasteiger partial charge is 0.195 e. The molecule has 0 radical (unpaired) electrons. The second-order valence-corrected chi connectivity index (χ2v) is 6.05. The fourth-order valence-electron chi connectivity index (χ4n) is 1.68. The largest absolute Gasteiger partial charge is 0.294 e. The third-order valence-electron chi connectivity index (χ3n) is 2.65. The van der Waals surface area contributed by atoms with Gasteiger partial charge in [0.1, 0.15) is 0 Å². The van der Waals surface area contributed by atoms with Gasteiger partial charge in [0.25, 0.3) is 0 Å². The number of rotatable bonds is 3. The molecule has 0 aliphatic heterocycles. The molecule has 1 N–H and O–H groups in total. The van der Waals surface area contributed by atoms with Gasteiger partial charge < -0.3 is 0 Å². The minimum absolute atomic E-state index is 0.645. The number of aromatic amines is 1. The average Bonchev–Trinajstić information content (AvgIpc) is 3.04. The van der Waals surface area contributed by atoms with Crippen molar-refractivity contribution in [3.05, 3.63) is 38.4 Å². The van der Waals surface area contributed by atoms with E-state index in [2.05, 4.69) is 15.2 Å². The first-order valence-electron chi connectivity index (χ1n) is 5.34. The third kappa shape index (κ3) is 2.05. The summed E-state index contributed by atoms with van der Waals surface area (Å²) in [6.07, 6.45) is 0. The maximum atomic E-state index is 5.30. The van der Waals surface area contributed by atoms with E-state index in [1.54, 1.807) is 22.7 Å². The summed E-state index contributed by atoms with van der Waals surface area (Å²) in [5.74, 6) is 0.891. The van der Waals surface area contributed by atoms with Crippen LogP contribution < -0.4 is 0 Å². The van der Waals surface area contributed by atoms with Crippen LogP contribution in [0.5, 0.6) is 0 Å². The summed E-state index contributed by atoms with van der Waals surface area (Å²) in [4.78, 5) is 6.59. The Morgan fingerprint density at radius 2 is 2.33 bits per heavy atom. The Balaban J connectivity index is 2.05. The second-order valence-electron chi connectivity index (χ2n) is 3.78. The predicted molar refractivity (Wildman–Crippen MR) is 76.7 cm³/mol. The van der Waals surface area contributed by atoms with Crippen LogP contribution in [0.2, 0.25) is 0 Å². The van der Waals surface area contributed by atoms with E-state index in [0.717, 1.165) is 22.9 Å². The van der Waals surface area contributed by atoms with Gasteiger partial charge in [-0.05, 0) is 30.6 Å². The Morgan fingerprint density at radius 1 is 1.44 bits per heavy atom. The van der Waals surface area contributed by atoms with Crippen molar-refractivity contribution >= 4 is 34.9 Å². The molecule has 0 unspecified atom stereocenters. The molecule has 0 atom stereocenters. The van der Waals surface area contributed by atoms with Crippen molar-refractivity contribution in [3.63, 3.8) is 0 Å². The van der Waals surface area contributed by atoms with E-state index >= 15 is 0 Å². The molecule has 0 aliphatic carbocycles. The Bertz CT molecular complexity index is 705. The molecule has 0 aromatic carbocycles. The average molecular weight is 294 g/mol. The molecule has 0 spiro atoms. The van der Waals surface area contributed by atoms with Crippen LogP contribution in [0, 0.1) is 11.7 Å². The number of thiophene rings is 1. The number of nitrogens with one attached hydrogen (secondary N) is 1. The number of aryl methyl sites for hydroxylation is 1. The Morgan fingerprint density at radius 3 is 3.00 bits per heavy atom. The summed E-state index contributed by atoms with van der Waals surface area (Å²) in [6.45, 7) is 2.74. The van der Waals surface area contributed by atoms with E-state index in [0.29, 0.717) is 4.77 Å². The van der Waals surface area contributed by atoms with Crippen LogP contribution in [0.15, 0.2) is 23.0 Å². The van der Waals surface area contributed by atoms with E-state index in [4.69, 9.17) is 12.2 Å². The van der Waals surface area contributed by atoms with Crippen LogP contribution in [-0.4, -0.2) is 19.7 Å². The summed E-state index contributed by atoms with van der Waals surface area (Å²) in [7, 11) is 0. The molecule has 0 saturated heterocycles. The highest BCUT2D eigenvalue weighted by atomic mass is 32.1. The molecule has 7 heteroatoms. The number of H-pyrrole nitrogens is 1. The lowest BCUT2D eigenvalue weighted by Crippen LogP contribution is -2.01. The fourth-order valence-corrected chi connectivity index (χ4v) is 3.36. The molecule has 92 valence electrons. The van der Waals surface area contributed by atoms with Crippen molar-refractivity contribution in [2.75, 3.05) is 0 Å². The molecule has 3 rings (SSSR count). The minimum atomic E-state index is 0.645. The van der Waals surface area contributed by atoms with E-state index in [9.17, 15) is 0 Å². The normalized spacial score (nSPS) is 10.9. The van der Waals surface area contributed by atoms with Crippen molar-refractivity contribution in [2.45, 2.75) is 13.5 Å². The van der Waals surface area contributed by atoms with E-state index < -0.39 is 0 Å². The highest BCUT2D eigenvalue weighted by molar-refractivity contribution is 7.71. The van der Waals surface area contributed by atoms with Gasteiger partial charge in [-0.25, -0.2) is 4.98 Å². The van der Waals surface area contributed by atoms with E-state index in [1.807, 2.05) is 34.5 Å². The summed E-state index contributed by atoms with van der Waals surface area (Å²) in [5, 5.41) is 9.21. The molecular weight excluding hydrogens is 284 g/mol. The molecule has 0 saturated carbocycles. The van der Waals surface area contributed by atoms with E-state index in [-0.39, 0.29) is 0 Å². The van der Waals surface area contributed by atoms with Gasteiger partial charge in [-0.1, -0.05) is 6.07 Å². The lowest BCUT2D eigenvalue weighted by Gasteiger charge is -2.04. The first kappa shape index (κ1) is 11.8. The van der Waals surface area contributed by atoms with Gasteiger partial charge in [0, 0.05) is 4.88 Å². The van der Waals surface area contributed by atoms with Crippen LogP contribution in [-0.2, 0) is 6.54 Å². The highest BCUT2D eigenvalue weighted by Gasteiger charge is 2.12. The molecule has 4 nitrogen and oxygen atoms in total. The third-order valence-corrected chi connectivity index (χ3v) is 4.74. The van der Waals surface area contributed by atoms with Crippen molar-refractivity contribution < 1.29 is 0 Å². The molecule has 3 aromatic heterocycles. The van der Waals surface area contributed by atoms with Crippen LogP contribution in [0.4, 0.5) is 0 Å². The monoisotopic (exact) mass is 294 g/mol. The van der Waals surface area contributed by atoms with Crippen molar-refractivity contribution in [1.82, 2.24) is 19.7 Å². The standard InChI is InChI=1S/C11H10N4S3/c1-7-9(18-6-12-7)5-15-10(13-14-11(15)16)8-3-2-4-17-8/h2-4,6H,5H2,1H3,(H,14,16). The van der Waals surface area contributed by atoms with Crippen LogP contribution >= 0.6 is 34.9 Å². The summed E-state index contributed by atoms with van der Waals surface area (Å²) in [5.41, 5.74) is 2.92. The molecule has 0 fully saturated rings. The van der Waals surface area contributed by atoms with Gasteiger partial charge in [0.05, 0.1) is 22.6 Å². The zero-order chi connectivity index (χ0) is 12.5. The lowest BCUT2D eigenvalue weighted by atomic mass is 10.3. The summed E-state index contributed by atoms with van der Waals surface area (Å²) in [6, 6.07) is 4.06. The highest BCUT2D eigenvalue weighted by Crippen LogP contribution is 2.24. The van der Waals surface area contributed by atoms with E-state index in [1.165, 1.54) is 4.88 Å². The number of nitrogens with zero attached hydrogens (tertiary/aromatic N) is 3. The number of hydrogen-bond donors (Lipinski definition) is 1. The minimum Gasteiger partial charge on any atom is -0.294 e. The molecule has 3 heterocycles. The van der Waals surface area contributed by atoms with Gasteiger partial charge in [-0.3, -0.25) is 9.67 Å². The molecule has 0 aliphatic rings. The molecule has 3 aromatic rings. The number of hydrogen-bond acceptors (Lipinski definition) is 5. The SMILES string of the molecule is Cc1ncsc1Cn1c(-c2cccs2)n[nH]c1=S. The maximum Gasteiger partial charge on any atom is 0.195 e. The number of thiazole rings is 1. The molecule has 0 amide bonds. The topological polar surface area (TPSA) is 46.5 Å². The lowest BCUT2D eigenvalue weighted by molar-refractivity contribution is 0.796. The van der Waals surface area contributed by atoms with Gasteiger partial charge in [0.2, 0.25) is 0 Å². The summed E-state index contributed by atoms with van der Waals surface area (Å²) < 4.78 is 2.66. The van der Waals surface area contributed by atoms with Gasteiger partial charge in [-0.2, -0.15) is 5.10 Å². The van der Waals surface area contributed by atoms with Gasteiger partial charge >= 0.3 is 0 Å². The molecule has 0 bridgehead atoms. The van der Waals surface area contributed by atoms with Crippen LogP contribution in [0.25, 0.3) is 10.7 Å².